The van der Waals surface area contributed by atoms with Gasteiger partial charge in [0.25, 0.3) is 0 Å². The standard InChI is InChI=1S/C16H25FN2/c1-5-12(3)16-10-19(13(4)9-18-16)15-7-11(2)6-14(17)8-15/h6-8,12-13,16,18H,5,9-10H2,1-4H3. The van der Waals surface area contributed by atoms with E-state index in [0.29, 0.717) is 18.0 Å². The maximum absolute atomic E-state index is 13.6. The zero-order valence-electron chi connectivity index (χ0n) is 12.4. The molecule has 0 aromatic heterocycles. The van der Waals surface area contributed by atoms with Gasteiger partial charge in [-0.25, -0.2) is 4.39 Å². The van der Waals surface area contributed by atoms with Gasteiger partial charge in [-0.05, 0) is 43.5 Å². The molecular weight excluding hydrogens is 239 g/mol. The molecule has 1 N–H and O–H groups in total. The van der Waals surface area contributed by atoms with Crippen LogP contribution in [-0.4, -0.2) is 25.2 Å². The van der Waals surface area contributed by atoms with Crippen LogP contribution >= 0.6 is 0 Å². The van der Waals surface area contributed by atoms with E-state index in [1.54, 1.807) is 12.1 Å². The van der Waals surface area contributed by atoms with Gasteiger partial charge in [-0.2, -0.15) is 0 Å². The molecule has 1 aliphatic rings. The van der Waals surface area contributed by atoms with E-state index in [-0.39, 0.29) is 5.82 Å². The van der Waals surface area contributed by atoms with Crippen LogP contribution in [0.2, 0.25) is 0 Å². The van der Waals surface area contributed by atoms with Gasteiger partial charge >= 0.3 is 0 Å². The summed E-state index contributed by atoms with van der Waals surface area (Å²) in [5.74, 6) is 0.505. The molecule has 1 aromatic carbocycles. The molecule has 1 aliphatic heterocycles. The number of halogens is 1. The van der Waals surface area contributed by atoms with Crippen molar-refractivity contribution in [2.24, 2.45) is 5.92 Å². The Morgan fingerprint density at radius 2 is 2.16 bits per heavy atom. The van der Waals surface area contributed by atoms with Crippen LogP contribution < -0.4 is 10.2 Å². The highest BCUT2D eigenvalue weighted by atomic mass is 19.1. The maximum atomic E-state index is 13.6. The molecule has 106 valence electrons. The summed E-state index contributed by atoms with van der Waals surface area (Å²) >= 11 is 0. The monoisotopic (exact) mass is 264 g/mol. The number of anilines is 1. The molecule has 0 spiro atoms. The van der Waals surface area contributed by atoms with Crippen molar-refractivity contribution in [2.75, 3.05) is 18.0 Å². The minimum absolute atomic E-state index is 0.138. The Hall–Kier alpha value is -1.09. The lowest BCUT2D eigenvalue weighted by Gasteiger charge is -2.42. The van der Waals surface area contributed by atoms with Gasteiger partial charge < -0.3 is 10.2 Å². The first-order valence-corrected chi connectivity index (χ1v) is 7.28. The SMILES string of the molecule is CCC(C)C1CN(c2cc(C)cc(F)c2)C(C)CN1. The van der Waals surface area contributed by atoms with E-state index in [0.717, 1.165) is 24.3 Å². The number of rotatable bonds is 3. The normalized spacial score (nSPS) is 25.4. The average Bonchev–Trinajstić information content (AvgIpc) is 2.37. The maximum Gasteiger partial charge on any atom is 0.125 e. The van der Waals surface area contributed by atoms with Crippen LogP contribution in [0.4, 0.5) is 10.1 Å². The van der Waals surface area contributed by atoms with Crippen molar-refractivity contribution in [3.8, 4) is 0 Å². The van der Waals surface area contributed by atoms with Gasteiger partial charge in [-0.1, -0.05) is 20.3 Å². The number of aryl methyl sites for hydroxylation is 1. The Morgan fingerprint density at radius 1 is 1.42 bits per heavy atom. The molecule has 1 fully saturated rings. The molecule has 1 aromatic rings. The minimum atomic E-state index is -0.138. The molecule has 19 heavy (non-hydrogen) atoms. The summed E-state index contributed by atoms with van der Waals surface area (Å²) in [7, 11) is 0. The van der Waals surface area contributed by atoms with Crippen molar-refractivity contribution < 1.29 is 4.39 Å². The second-order valence-electron chi connectivity index (χ2n) is 5.89. The number of nitrogens with one attached hydrogen (secondary N) is 1. The molecular formula is C16H25FN2. The largest absolute Gasteiger partial charge is 0.366 e. The number of nitrogens with zero attached hydrogens (tertiary/aromatic N) is 1. The summed E-state index contributed by atoms with van der Waals surface area (Å²) in [4.78, 5) is 2.34. The van der Waals surface area contributed by atoms with E-state index in [1.807, 2.05) is 6.92 Å². The van der Waals surface area contributed by atoms with Crippen LogP contribution in [0.3, 0.4) is 0 Å². The molecule has 0 aliphatic carbocycles. The topological polar surface area (TPSA) is 15.3 Å². The predicted octanol–water partition coefficient (Wildman–Crippen LogP) is 3.35. The summed E-state index contributed by atoms with van der Waals surface area (Å²) in [6.07, 6.45) is 1.17. The van der Waals surface area contributed by atoms with E-state index in [9.17, 15) is 4.39 Å². The first-order valence-electron chi connectivity index (χ1n) is 7.28. The van der Waals surface area contributed by atoms with Gasteiger partial charge in [-0.3, -0.25) is 0 Å². The second kappa shape index (κ2) is 5.91. The fourth-order valence-corrected chi connectivity index (χ4v) is 2.80. The highest BCUT2D eigenvalue weighted by Crippen LogP contribution is 2.24. The molecule has 0 amide bonds. The third-order valence-corrected chi connectivity index (χ3v) is 4.29. The first kappa shape index (κ1) is 14.3. The third kappa shape index (κ3) is 3.27. The Balaban J connectivity index is 2.20. The lowest BCUT2D eigenvalue weighted by molar-refractivity contribution is 0.315. The van der Waals surface area contributed by atoms with Crippen molar-refractivity contribution in [3.05, 3.63) is 29.6 Å². The highest BCUT2D eigenvalue weighted by molar-refractivity contribution is 5.50. The minimum Gasteiger partial charge on any atom is -0.366 e. The van der Waals surface area contributed by atoms with Gasteiger partial charge in [0, 0.05) is 30.9 Å². The van der Waals surface area contributed by atoms with Crippen molar-refractivity contribution in [1.29, 1.82) is 0 Å². The Kier molecular flexibility index (Phi) is 4.46. The highest BCUT2D eigenvalue weighted by Gasteiger charge is 2.28. The van der Waals surface area contributed by atoms with Crippen molar-refractivity contribution in [1.82, 2.24) is 5.32 Å². The molecule has 1 heterocycles. The smallest absolute Gasteiger partial charge is 0.125 e. The van der Waals surface area contributed by atoms with Crippen LogP contribution in [0.25, 0.3) is 0 Å². The lowest BCUT2D eigenvalue weighted by atomic mass is 9.95. The zero-order chi connectivity index (χ0) is 14.0. The van der Waals surface area contributed by atoms with Crippen LogP contribution in [0.15, 0.2) is 18.2 Å². The van der Waals surface area contributed by atoms with Crippen LogP contribution in [0, 0.1) is 18.7 Å². The quantitative estimate of drug-likeness (QED) is 0.900. The van der Waals surface area contributed by atoms with Gasteiger partial charge in [0.05, 0.1) is 0 Å². The Labute approximate surface area is 116 Å². The van der Waals surface area contributed by atoms with Gasteiger partial charge in [0.1, 0.15) is 5.82 Å². The third-order valence-electron chi connectivity index (χ3n) is 4.29. The predicted molar refractivity (Wildman–Crippen MR) is 79.2 cm³/mol. The molecule has 0 saturated carbocycles. The van der Waals surface area contributed by atoms with E-state index in [4.69, 9.17) is 0 Å². The zero-order valence-corrected chi connectivity index (χ0v) is 12.4. The van der Waals surface area contributed by atoms with Crippen molar-refractivity contribution in [3.63, 3.8) is 0 Å². The number of piperazine rings is 1. The molecule has 2 nitrogen and oxygen atoms in total. The van der Waals surface area contributed by atoms with E-state index in [2.05, 4.69) is 37.1 Å². The van der Waals surface area contributed by atoms with Gasteiger partial charge in [0.15, 0.2) is 0 Å². The summed E-state index contributed by atoms with van der Waals surface area (Å²) in [6, 6.07) is 6.22. The first-order chi connectivity index (χ1) is 9.01. The molecule has 3 atom stereocenters. The fraction of sp³-hybridized carbons (Fsp3) is 0.625. The number of benzene rings is 1. The summed E-state index contributed by atoms with van der Waals surface area (Å²) in [5, 5.41) is 3.61. The second-order valence-corrected chi connectivity index (χ2v) is 5.89. The van der Waals surface area contributed by atoms with Crippen molar-refractivity contribution in [2.45, 2.75) is 46.2 Å². The molecule has 3 heteroatoms. The number of hydrogen-bond acceptors (Lipinski definition) is 2. The van der Waals surface area contributed by atoms with Crippen molar-refractivity contribution >= 4 is 5.69 Å². The lowest BCUT2D eigenvalue weighted by Crippen LogP contribution is -2.57. The van der Waals surface area contributed by atoms with E-state index >= 15 is 0 Å². The fourth-order valence-electron chi connectivity index (χ4n) is 2.80. The molecule has 0 bridgehead atoms. The molecule has 0 radical (unpaired) electrons. The summed E-state index contributed by atoms with van der Waals surface area (Å²) in [6.45, 7) is 10.6. The van der Waals surface area contributed by atoms with E-state index in [1.165, 1.54) is 6.42 Å². The molecule has 2 rings (SSSR count). The van der Waals surface area contributed by atoms with E-state index < -0.39 is 0 Å². The Morgan fingerprint density at radius 3 is 2.79 bits per heavy atom. The van der Waals surface area contributed by atoms with Gasteiger partial charge in [0.2, 0.25) is 0 Å². The van der Waals surface area contributed by atoms with Crippen LogP contribution in [0.5, 0.6) is 0 Å². The Bertz CT molecular complexity index is 413. The van der Waals surface area contributed by atoms with Crippen LogP contribution in [0.1, 0.15) is 32.8 Å². The molecule has 3 unspecified atom stereocenters. The van der Waals surface area contributed by atoms with Gasteiger partial charge in [-0.15, -0.1) is 0 Å². The average molecular weight is 264 g/mol. The number of hydrogen-bond donors (Lipinski definition) is 1. The molecule has 1 saturated heterocycles. The summed E-state index contributed by atoms with van der Waals surface area (Å²) in [5.41, 5.74) is 2.00. The summed E-state index contributed by atoms with van der Waals surface area (Å²) < 4.78 is 13.6. The van der Waals surface area contributed by atoms with Crippen LogP contribution in [-0.2, 0) is 0 Å².